The molecule has 4 aliphatic heterocycles. The van der Waals surface area contributed by atoms with Crippen molar-refractivity contribution in [1.29, 1.82) is 0 Å². The molecule has 0 N–H and O–H groups in total. The molecule has 10 nitrogen and oxygen atoms in total. The third-order valence-electron chi connectivity index (χ3n) is 7.86. The van der Waals surface area contributed by atoms with Crippen molar-refractivity contribution in [2.45, 2.75) is 90.2 Å². The van der Waals surface area contributed by atoms with Gasteiger partial charge in [-0.1, -0.05) is 35.4 Å². The minimum Gasteiger partial charge on any atom is -0.465 e. The van der Waals surface area contributed by atoms with Gasteiger partial charge < -0.3 is 23.7 Å². The van der Waals surface area contributed by atoms with Gasteiger partial charge in [-0.15, -0.1) is 0 Å². The van der Waals surface area contributed by atoms with E-state index in [1.54, 1.807) is 0 Å². The Balaban J connectivity index is 1.21. The first kappa shape index (κ1) is 28.9. The van der Waals surface area contributed by atoms with Crippen LogP contribution in [0.1, 0.15) is 66.2 Å². The molecule has 4 heterocycles. The lowest BCUT2D eigenvalue weighted by molar-refractivity contribution is -0.576. The van der Waals surface area contributed by atoms with Crippen LogP contribution in [0.5, 0.6) is 0 Å². The van der Waals surface area contributed by atoms with Crippen LogP contribution in [0.25, 0.3) is 0 Å². The molecule has 4 saturated heterocycles. The van der Waals surface area contributed by atoms with Gasteiger partial charge in [-0.2, -0.15) is 0 Å². The standard InChI is InChI=1S/C25H38O10S2/c1-15-5-6-19-16(2)22(32-23-25(19)18(15)9-10-24(4,33-23)34-35-25)31-21(28)8-7-20(27)30-12-14-37-36-13-11-29-17(3)26/h15-16,18-19,22-23H,5-14H2,1-4H3/t15-,16-,18+,19+,22?,23-,24+,25-/m1/s1. The van der Waals surface area contributed by atoms with Gasteiger partial charge in [0.2, 0.25) is 12.1 Å². The fraction of sp³-hybridized carbons (Fsp3) is 0.880. The Morgan fingerprint density at radius 1 is 0.919 bits per heavy atom. The van der Waals surface area contributed by atoms with E-state index in [-0.39, 0.29) is 43.2 Å². The highest BCUT2D eigenvalue weighted by atomic mass is 33.1. The molecule has 0 aromatic heterocycles. The highest BCUT2D eigenvalue weighted by molar-refractivity contribution is 8.76. The van der Waals surface area contributed by atoms with Gasteiger partial charge in [-0.25, -0.2) is 9.78 Å². The highest BCUT2D eigenvalue weighted by Gasteiger charge is 2.69. The van der Waals surface area contributed by atoms with E-state index in [0.717, 1.165) is 19.3 Å². The van der Waals surface area contributed by atoms with Gasteiger partial charge in [-0.3, -0.25) is 14.4 Å². The van der Waals surface area contributed by atoms with E-state index >= 15 is 0 Å². The number of rotatable bonds is 11. The van der Waals surface area contributed by atoms with Crippen LogP contribution in [-0.4, -0.2) is 66.6 Å². The van der Waals surface area contributed by atoms with E-state index in [1.165, 1.54) is 28.5 Å². The fourth-order valence-electron chi connectivity index (χ4n) is 6.00. The molecule has 12 heteroatoms. The molecule has 5 rings (SSSR count). The topological polar surface area (TPSA) is 116 Å². The van der Waals surface area contributed by atoms with Gasteiger partial charge in [-0.05, 0) is 38.0 Å². The molecule has 2 bridgehead atoms. The second-order valence-corrected chi connectivity index (χ2v) is 13.2. The van der Waals surface area contributed by atoms with E-state index in [1.807, 2.05) is 13.8 Å². The molecule has 1 aliphatic carbocycles. The normalized spacial score (nSPS) is 38.3. The van der Waals surface area contributed by atoms with Crippen molar-refractivity contribution in [3.63, 3.8) is 0 Å². The smallest absolute Gasteiger partial charge is 0.308 e. The average molecular weight is 563 g/mol. The van der Waals surface area contributed by atoms with E-state index in [4.69, 9.17) is 33.5 Å². The summed E-state index contributed by atoms with van der Waals surface area (Å²) in [6.07, 6.45) is 1.98. The molecular formula is C25H38O10S2. The van der Waals surface area contributed by atoms with Gasteiger partial charge >= 0.3 is 17.9 Å². The summed E-state index contributed by atoms with van der Waals surface area (Å²) in [5.41, 5.74) is -0.712. The lowest BCUT2D eigenvalue weighted by atomic mass is 9.58. The number of hydrogen-bond donors (Lipinski definition) is 0. The average Bonchev–Trinajstić information content (AvgIpc) is 3.08. The maximum atomic E-state index is 12.6. The van der Waals surface area contributed by atoms with Crippen LogP contribution in [0.3, 0.4) is 0 Å². The van der Waals surface area contributed by atoms with Crippen LogP contribution >= 0.6 is 21.6 Å². The third-order valence-corrected chi connectivity index (χ3v) is 10.2. The van der Waals surface area contributed by atoms with Gasteiger partial charge in [0.15, 0.2) is 11.9 Å². The maximum absolute atomic E-state index is 12.6. The predicted octanol–water partition coefficient (Wildman–Crippen LogP) is 4.01. The first-order valence-electron chi connectivity index (χ1n) is 13.1. The summed E-state index contributed by atoms with van der Waals surface area (Å²) in [6.45, 7) is 8.08. The summed E-state index contributed by atoms with van der Waals surface area (Å²) in [4.78, 5) is 47.3. The highest BCUT2D eigenvalue weighted by Crippen LogP contribution is 2.60. The summed E-state index contributed by atoms with van der Waals surface area (Å²) in [5.74, 6) is -0.268. The van der Waals surface area contributed by atoms with Gasteiger partial charge in [0.05, 0.1) is 12.8 Å². The number of carbonyl (C=O) groups excluding carboxylic acids is 3. The van der Waals surface area contributed by atoms with E-state index in [9.17, 15) is 14.4 Å². The largest absolute Gasteiger partial charge is 0.465 e. The zero-order valence-electron chi connectivity index (χ0n) is 21.9. The monoisotopic (exact) mass is 562 g/mol. The number of hydrogen-bond acceptors (Lipinski definition) is 12. The van der Waals surface area contributed by atoms with Crippen molar-refractivity contribution >= 4 is 39.5 Å². The van der Waals surface area contributed by atoms with Crippen molar-refractivity contribution in [3.05, 3.63) is 0 Å². The zero-order valence-corrected chi connectivity index (χ0v) is 23.6. The first-order valence-corrected chi connectivity index (χ1v) is 15.6. The quantitative estimate of drug-likeness (QED) is 0.119. The molecule has 37 heavy (non-hydrogen) atoms. The van der Waals surface area contributed by atoms with Crippen LogP contribution < -0.4 is 0 Å². The van der Waals surface area contributed by atoms with Gasteiger partial charge in [0, 0.05) is 36.7 Å². The Labute approximate surface area is 225 Å². The first-order chi connectivity index (χ1) is 17.6. The summed E-state index contributed by atoms with van der Waals surface area (Å²) in [7, 11) is 3.06. The Morgan fingerprint density at radius 3 is 2.35 bits per heavy atom. The van der Waals surface area contributed by atoms with Crippen molar-refractivity contribution in [1.82, 2.24) is 0 Å². The number of ether oxygens (including phenoxy) is 5. The second-order valence-electron chi connectivity index (χ2n) is 10.5. The van der Waals surface area contributed by atoms with Crippen molar-refractivity contribution in [3.8, 4) is 0 Å². The second kappa shape index (κ2) is 12.4. The van der Waals surface area contributed by atoms with Crippen molar-refractivity contribution < 1.29 is 47.8 Å². The van der Waals surface area contributed by atoms with Gasteiger partial charge in [0.1, 0.15) is 13.2 Å². The van der Waals surface area contributed by atoms with E-state index in [2.05, 4.69) is 6.92 Å². The number of fused-ring (bicyclic) bond motifs is 2. The summed E-state index contributed by atoms with van der Waals surface area (Å²) in [6, 6.07) is 0. The molecule has 1 unspecified atom stereocenters. The molecule has 5 fully saturated rings. The third kappa shape index (κ3) is 6.58. The Kier molecular flexibility index (Phi) is 9.72. The van der Waals surface area contributed by atoms with Crippen molar-refractivity contribution in [2.75, 3.05) is 24.7 Å². The molecule has 0 aromatic carbocycles. The molecular weight excluding hydrogens is 524 g/mol. The predicted molar refractivity (Wildman–Crippen MR) is 135 cm³/mol. The molecule has 8 atom stereocenters. The molecule has 1 spiro atoms. The summed E-state index contributed by atoms with van der Waals surface area (Å²) < 4.78 is 28.3. The molecule has 0 amide bonds. The Bertz CT molecular complexity index is 842. The van der Waals surface area contributed by atoms with Crippen LogP contribution in [-0.2, 0) is 47.8 Å². The van der Waals surface area contributed by atoms with E-state index in [0.29, 0.717) is 30.5 Å². The Morgan fingerprint density at radius 2 is 1.62 bits per heavy atom. The summed E-state index contributed by atoms with van der Waals surface area (Å²) in [5, 5.41) is 0. The minimum absolute atomic E-state index is 0.0576. The van der Waals surface area contributed by atoms with Crippen LogP contribution in [0.2, 0.25) is 0 Å². The van der Waals surface area contributed by atoms with E-state index < -0.39 is 35.9 Å². The van der Waals surface area contributed by atoms with Crippen LogP contribution in [0.15, 0.2) is 0 Å². The Hall–Kier alpha value is -1.05. The lowest BCUT2D eigenvalue weighted by Crippen LogP contribution is -2.70. The molecule has 0 radical (unpaired) electrons. The molecule has 210 valence electrons. The SMILES string of the molecule is CC(=O)OCCSSCCOC(=O)CCC(=O)OC1O[C@@H]2O[C@]3(C)CC[C@H]4[C@H](C)CC[C@@H]([C@H]1C)[C@@]24OO3. The fourth-order valence-corrected chi connectivity index (χ4v) is 7.65. The van der Waals surface area contributed by atoms with Gasteiger partial charge in [0.25, 0.3) is 0 Å². The minimum atomic E-state index is -0.893. The maximum Gasteiger partial charge on any atom is 0.308 e. The van der Waals surface area contributed by atoms with Crippen LogP contribution in [0, 0.1) is 23.7 Å². The number of esters is 3. The summed E-state index contributed by atoms with van der Waals surface area (Å²) >= 11 is 0. The van der Waals surface area contributed by atoms with Crippen LogP contribution in [0.4, 0.5) is 0 Å². The van der Waals surface area contributed by atoms with Crippen molar-refractivity contribution in [2.24, 2.45) is 23.7 Å². The number of carbonyl (C=O) groups is 3. The lowest BCUT2D eigenvalue weighted by Gasteiger charge is -2.59. The molecule has 1 saturated carbocycles. The molecule has 5 aliphatic rings. The zero-order chi connectivity index (χ0) is 26.6. The molecule has 0 aromatic rings.